The van der Waals surface area contributed by atoms with Crippen LogP contribution in [0.2, 0.25) is 0 Å². The molecule has 0 saturated heterocycles. The summed E-state index contributed by atoms with van der Waals surface area (Å²) in [6.07, 6.45) is 10.5. The second-order valence-electron chi connectivity index (χ2n) is 5.37. The minimum Gasteiger partial charge on any atom is -0.396 e. The lowest BCUT2D eigenvalue weighted by Gasteiger charge is -2.36. The molecule has 0 aromatic heterocycles. The molecule has 1 atom stereocenters. The SMILES string of the molecule is C=CCCC(C)NCC1(CO)CCCCC1. The Labute approximate surface area is 100 Å². The molecule has 2 N–H and O–H groups in total. The van der Waals surface area contributed by atoms with Crippen LogP contribution in [0.3, 0.4) is 0 Å². The number of aliphatic hydroxyl groups excluding tert-OH is 1. The van der Waals surface area contributed by atoms with Gasteiger partial charge in [-0.15, -0.1) is 6.58 Å². The molecule has 1 unspecified atom stereocenters. The summed E-state index contributed by atoms with van der Waals surface area (Å²) in [6.45, 7) is 7.28. The molecular formula is C14H27NO. The standard InChI is InChI=1S/C14H27NO/c1-3-4-8-13(2)15-11-14(12-16)9-6-5-7-10-14/h3,13,15-16H,1,4-12H2,2H3. The van der Waals surface area contributed by atoms with E-state index in [1.54, 1.807) is 0 Å². The fourth-order valence-corrected chi connectivity index (χ4v) is 2.55. The summed E-state index contributed by atoms with van der Waals surface area (Å²) in [6, 6.07) is 0.531. The summed E-state index contributed by atoms with van der Waals surface area (Å²) in [7, 11) is 0. The molecular weight excluding hydrogens is 198 g/mol. The van der Waals surface area contributed by atoms with E-state index in [9.17, 15) is 5.11 Å². The number of rotatable bonds is 7. The van der Waals surface area contributed by atoms with E-state index in [0.717, 1.165) is 19.4 Å². The number of hydrogen-bond acceptors (Lipinski definition) is 2. The van der Waals surface area contributed by atoms with Crippen molar-refractivity contribution in [2.24, 2.45) is 5.41 Å². The predicted molar refractivity (Wildman–Crippen MR) is 69.5 cm³/mol. The van der Waals surface area contributed by atoms with Crippen molar-refractivity contribution in [3.63, 3.8) is 0 Å². The van der Waals surface area contributed by atoms with Gasteiger partial charge in [-0.05, 0) is 32.6 Å². The molecule has 1 aliphatic rings. The highest BCUT2D eigenvalue weighted by Crippen LogP contribution is 2.35. The Kier molecular flexibility index (Phi) is 6.07. The van der Waals surface area contributed by atoms with Crippen molar-refractivity contribution in [1.82, 2.24) is 5.32 Å². The maximum atomic E-state index is 9.57. The Morgan fingerprint density at radius 1 is 1.38 bits per heavy atom. The predicted octanol–water partition coefficient (Wildman–Crippen LogP) is 2.87. The molecule has 2 heteroatoms. The quantitative estimate of drug-likeness (QED) is 0.653. The van der Waals surface area contributed by atoms with Crippen LogP contribution in [0.15, 0.2) is 12.7 Å². The molecule has 0 aromatic rings. The highest BCUT2D eigenvalue weighted by molar-refractivity contribution is 4.85. The lowest BCUT2D eigenvalue weighted by molar-refractivity contribution is 0.0786. The third-order valence-electron chi connectivity index (χ3n) is 3.88. The summed E-state index contributed by atoms with van der Waals surface area (Å²) >= 11 is 0. The van der Waals surface area contributed by atoms with E-state index in [0.29, 0.717) is 12.6 Å². The van der Waals surface area contributed by atoms with E-state index < -0.39 is 0 Å². The first-order valence-corrected chi connectivity index (χ1v) is 6.67. The minimum atomic E-state index is 0.167. The molecule has 94 valence electrons. The van der Waals surface area contributed by atoms with Crippen LogP contribution < -0.4 is 5.32 Å². The molecule has 0 amide bonds. The van der Waals surface area contributed by atoms with Gasteiger partial charge in [-0.2, -0.15) is 0 Å². The summed E-state index contributed by atoms with van der Waals surface area (Å²) in [5.74, 6) is 0. The average Bonchev–Trinajstić information content (AvgIpc) is 2.35. The van der Waals surface area contributed by atoms with Gasteiger partial charge in [-0.3, -0.25) is 0 Å². The van der Waals surface area contributed by atoms with Gasteiger partial charge in [0.05, 0.1) is 0 Å². The van der Waals surface area contributed by atoms with Gasteiger partial charge in [0.1, 0.15) is 0 Å². The smallest absolute Gasteiger partial charge is 0.0499 e. The molecule has 0 spiro atoms. The first-order chi connectivity index (χ1) is 7.72. The minimum absolute atomic E-state index is 0.167. The molecule has 0 bridgehead atoms. The Balaban J connectivity index is 2.29. The van der Waals surface area contributed by atoms with Crippen LogP contribution in [0.1, 0.15) is 51.9 Å². The van der Waals surface area contributed by atoms with Crippen LogP contribution in [0, 0.1) is 5.41 Å². The zero-order chi connectivity index (χ0) is 11.9. The number of hydrogen-bond donors (Lipinski definition) is 2. The highest BCUT2D eigenvalue weighted by atomic mass is 16.3. The van der Waals surface area contributed by atoms with Crippen molar-refractivity contribution >= 4 is 0 Å². The molecule has 2 nitrogen and oxygen atoms in total. The van der Waals surface area contributed by atoms with Crippen LogP contribution >= 0.6 is 0 Å². The van der Waals surface area contributed by atoms with Crippen molar-refractivity contribution in [2.45, 2.75) is 57.9 Å². The molecule has 0 aromatic carbocycles. The van der Waals surface area contributed by atoms with Gasteiger partial charge < -0.3 is 10.4 Å². The Morgan fingerprint density at radius 2 is 2.06 bits per heavy atom. The van der Waals surface area contributed by atoms with Crippen LogP contribution in [0.4, 0.5) is 0 Å². The summed E-state index contributed by atoms with van der Waals surface area (Å²) in [5, 5.41) is 13.1. The topological polar surface area (TPSA) is 32.3 Å². The molecule has 0 aliphatic heterocycles. The largest absolute Gasteiger partial charge is 0.396 e. The zero-order valence-corrected chi connectivity index (χ0v) is 10.7. The van der Waals surface area contributed by atoms with E-state index in [2.05, 4.69) is 18.8 Å². The summed E-state index contributed by atoms with van der Waals surface area (Å²) < 4.78 is 0. The third-order valence-corrected chi connectivity index (χ3v) is 3.88. The van der Waals surface area contributed by atoms with Crippen LogP contribution in [-0.4, -0.2) is 24.3 Å². The second kappa shape index (κ2) is 7.08. The van der Waals surface area contributed by atoms with Crippen molar-refractivity contribution in [2.75, 3.05) is 13.2 Å². The Morgan fingerprint density at radius 3 is 2.62 bits per heavy atom. The number of aliphatic hydroxyl groups is 1. The molecule has 0 heterocycles. The average molecular weight is 225 g/mol. The van der Waals surface area contributed by atoms with Crippen LogP contribution in [-0.2, 0) is 0 Å². The van der Waals surface area contributed by atoms with Gasteiger partial charge in [0.25, 0.3) is 0 Å². The normalized spacial score (nSPS) is 21.6. The molecule has 1 rings (SSSR count). The molecule has 1 fully saturated rings. The van der Waals surface area contributed by atoms with Gasteiger partial charge in [0.2, 0.25) is 0 Å². The van der Waals surface area contributed by atoms with Gasteiger partial charge in [-0.1, -0.05) is 25.3 Å². The zero-order valence-electron chi connectivity index (χ0n) is 10.7. The van der Waals surface area contributed by atoms with Crippen LogP contribution in [0.25, 0.3) is 0 Å². The maximum absolute atomic E-state index is 9.57. The maximum Gasteiger partial charge on any atom is 0.0499 e. The second-order valence-corrected chi connectivity index (χ2v) is 5.37. The van der Waals surface area contributed by atoms with Crippen molar-refractivity contribution in [3.05, 3.63) is 12.7 Å². The number of nitrogens with one attached hydrogen (secondary N) is 1. The Hall–Kier alpha value is -0.340. The van der Waals surface area contributed by atoms with Crippen molar-refractivity contribution in [3.8, 4) is 0 Å². The highest BCUT2D eigenvalue weighted by Gasteiger charge is 2.31. The van der Waals surface area contributed by atoms with E-state index in [1.165, 1.54) is 32.1 Å². The van der Waals surface area contributed by atoms with Crippen molar-refractivity contribution in [1.29, 1.82) is 0 Å². The molecule has 1 aliphatic carbocycles. The lowest BCUT2D eigenvalue weighted by atomic mass is 9.74. The van der Waals surface area contributed by atoms with Gasteiger partial charge in [0, 0.05) is 24.6 Å². The summed E-state index contributed by atoms with van der Waals surface area (Å²) in [4.78, 5) is 0. The van der Waals surface area contributed by atoms with Gasteiger partial charge in [0.15, 0.2) is 0 Å². The fraction of sp³-hybridized carbons (Fsp3) is 0.857. The van der Waals surface area contributed by atoms with Crippen LogP contribution in [0.5, 0.6) is 0 Å². The van der Waals surface area contributed by atoms with Crippen molar-refractivity contribution < 1.29 is 5.11 Å². The molecule has 0 radical (unpaired) electrons. The first-order valence-electron chi connectivity index (χ1n) is 6.67. The lowest BCUT2D eigenvalue weighted by Crippen LogP contribution is -2.42. The number of allylic oxidation sites excluding steroid dienone is 1. The molecule has 1 saturated carbocycles. The fourth-order valence-electron chi connectivity index (χ4n) is 2.55. The monoisotopic (exact) mass is 225 g/mol. The summed E-state index contributed by atoms with van der Waals surface area (Å²) in [5.41, 5.74) is 0.167. The third kappa shape index (κ3) is 4.26. The van der Waals surface area contributed by atoms with E-state index >= 15 is 0 Å². The molecule has 16 heavy (non-hydrogen) atoms. The van der Waals surface area contributed by atoms with E-state index in [4.69, 9.17) is 0 Å². The van der Waals surface area contributed by atoms with E-state index in [1.807, 2.05) is 6.08 Å². The Bertz CT molecular complexity index is 197. The van der Waals surface area contributed by atoms with Gasteiger partial charge >= 0.3 is 0 Å². The van der Waals surface area contributed by atoms with E-state index in [-0.39, 0.29) is 5.41 Å². The van der Waals surface area contributed by atoms with Gasteiger partial charge in [-0.25, -0.2) is 0 Å². The first kappa shape index (κ1) is 13.7.